The fourth-order valence-corrected chi connectivity index (χ4v) is 2.65. The molecule has 0 spiro atoms. The molecule has 120 valence electrons. The molecular formula is C16H23N3O3. The van der Waals surface area contributed by atoms with Crippen molar-refractivity contribution in [1.82, 2.24) is 0 Å². The number of aliphatic hydroxyl groups is 1. The summed E-state index contributed by atoms with van der Waals surface area (Å²) in [6.45, 7) is 1.85. The first-order chi connectivity index (χ1) is 10.6. The molecule has 3 rings (SSSR count). The summed E-state index contributed by atoms with van der Waals surface area (Å²) in [5.74, 6) is 1.82. The molecule has 4 N–H and O–H groups in total. The van der Waals surface area contributed by atoms with Crippen molar-refractivity contribution < 1.29 is 14.6 Å². The van der Waals surface area contributed by atoms with E-state index in [9.17, 15) is 5.11 Å². The first kappa shape index (κ1) is 15.0. The lowest BCUT2D eigenvalue weighted by Crippen LogP contribution is -2.37. The van der Waals surface area contributed by atoms with Crippen molar-refractivity contribution in [3.05, 3.63) is 18.2 Å². The Balaban J connectivity index is 1.56. The van der Waals surface area contributed by atoms with Crippen molar-refractivity contribution in [2.75, 3.05) is 25.1 Å². The van der Waals surface area contributed by atoms with Gasteiger partial charge in [0.1, 0.15) is 0 Å². The third-order valence-electron chi connectivity index (χ3n) is 4.16. The Morgan fingerprint density at radius 1 is 1.23 bits per heavy atom. The fraction of sp³-hybridized carbons (Fsp3) is 0.562. The van der Waals surface area contributed by atoms with Crippen molar-refractivity contribution >= 4 is 11.6 Å². The average Bonchev–Trinajstić information content (AvgIpc) is 2.70. The second-order valence-corrected chi connectivity index (χ2v) is 5.93. The van der Waals surface area contributed by atoms with Crippen LogP contribution in [0.2, 0.25) is 0 Å². The molecule has 1 heterocycles. The minimum atomic E-state index is -0.515. The van der Waals surface area contributed by atoms with Gasteiger partial charge in [0.05, 0.1) is 18.8 Å². The van der Waals surface area contributed by atoms with E-state index in [-0.39, 0.29) is 0 Å². The van der Waals surface area contributed by atoms with Gasteiger partial charge in [-0.05, 0) is 37.8 Å². The molecule has 0 bridgehead atoms. The van der Waals surface area contributed by atoms with E-state index >= 15 is 0 Å². The van der Waals surface area contributed by atoms with Gasteiger partial charge in [0.25, 0.3) is 0 Å². The van der Waals surface area contributed by atoms with Gasteiger partial charge in [0, 0.05) is 24.7 Å². The topological polar surface area (TPSA) is 89.1 Å². The molecule has 1 aromatic rings. The second kappa shape index (κ2) is 6.44. The highest BCUT2D eigenvalue weighted by Gasteiger charge is 2.33. The van der Waals surface area contributed by atoms with Gasteiger partial charge in [-0.2, -0.15) is 0 Å². The smallest absolute Gasteiger partial charge is 0.193 e. The van der Waals surface area contributed by atoms with Crippen LogP contribution in [0.15, 0.2) is 23.2 Å². The van der Waals surface area contributed by atoms with Crippen LogP contribution in [0.3, 0.4) is 0 Å². The van der Waals surface area contributed by atoms with E-state index in [2.05, 4.69) is 10.3 Å². The highest BCUT2D eigenvalue weighted by Crippen LogP contribution is 2.34. The minimum absolute atomic E-state index is 0.345. The van der Waals surface area contributed by atoms with Crippen LogP contribution in [0.25, 0.3) is 0 Å². The zero-order valence-corrected chi connectivity index (χ0v) is 12.7. The second-order valence-electron chi connectivity index (χ2n) is 5.93. The number of nitrogens with zero attached hydrogens (tertiary/aromatic N) is 1. The van der Waals surface area contributed by atoms with Gasteiger partial charge in [-0.15, -0.1) is 0 Å². The summed E-state index contributed by atoms with van der Waals surface area (Å²) in [5, 5.41) is 13.1. The number of nitrogens with one attached hydrogen (secondary N) is 1. The summed E-state index contributed by atoms with van der Waals surface area (Å²) in [5.41, 5.74) is 6.18. The Hall–Kier alpha value is -1.95. The van der Waals surface area contributed by atoms with Gasteiger partial charge in [-0.1, -0.05) is 0 Å². The lowest BCUT2D eigenvalue weighted by Gasteiger charge is -2.36. The van der Waals surface area contributed by atoms with Crippen LogP contribution in [-0.2, 0) is 0 Å². The van der Waals surface area contributed by atoms with E-state index in [1.807, 2.05) is 18.2 Å². The van der Waals surface area contributed by atoms with Crippen LogP contribution in [0.4, 0.5) is 5.69 Å². The lowest BCUT2D eigenvalue weighted by molar-refractivity contribution is -0.0377. The van der Waals surface area contributed by atoms with Gasteiger partial charge in [0.2, 0.25) is 0 Å². The molecule has 2 aliphatic rings. The maximum atomic E-state index is 10.0. The van der Waals surface area contributed by atoms with Crippen LogP contribution >= 0.6 is 0 Å². The Morgan fingerprint density at radius 2 is 2.00 bits per heavy atom. The number of nitrogens with two attached hydrogens (primary N) is 1. The molecule has 0 aromatic heterocycles. The summed E-state index contributed by atoms with van der Waals surface area (Å²) >= 11 is 0. The predicted molar refractivity (Wildman–Crippen MR) is 85.6 cm³/mol. The normalized spacial score (nSPS) is 20.0. The van der Waals surface area contributed by atoms with E-state index in [1.165, 1.54) is 0 Å². The van der Waals surface area contributed by atoms with Crippen molar-refractivity contribution in [3.8, 4) is 11.5 Å². The SMILES string of the molecule is NC(=NCCC1(O)CCC1)Nc1ccc2c(c1)OCCCO2. The maximum absolute atomic E-state index is 10.0. The van der Waals surface area contributed by atoms with Gasteiger partial charge >= 0.3 is 0 Å². The molecule has 0 radical (unpaired) electrons. The third kappa shape index (κ3) is 3.62. The molecule has 0 atom stereocenters. The largest absolute Gasteiger partial charge is 0.490 e. The summed E-state index contributed by atoms with van der Waals surface area (Å²) in [6.07, 6.45) is 4.39. The number of hydrogen-bond acceptors (Lipinski definition) is 4. The first-order valence-electron chi connectivity index (χ1n) is 7.84. The quantitative estimate of drug-likeness (QED) is 0.584. The van der Waals surface area contributed by atoms with Crippen LogP contribution in [0.5, 0.6) is 11.5 Å². The summed E-state index contributed by atoms with van der Waals surface area (Å²) in [7, 11) is 0. The number of aliphatic imine (C=N–C) groups is 1. The van der Waals surface area contributed by atoms with Gasteiger partial charge in [0.15, 0.2) is 17.5 Å². The summed E-state index contributed by atoms with van der Waals surface area (Å²) in [4.78, 5) is 4.27. The fourth-order valence-electron chi connectivity index (χ4n) is 2.65. The van der Waals surface area contributed by atoms with Gasteiger partial charge in [-0.3, -0.25) is 4.99 Å². The van der Waals surface area contributed by atoms with Crippen LogP contribution in [-0.4, -0.2) is 36.4 Å². The van der Waals surface area contributed by atoms with Crippen LogP contribution < -0.4 is 20.5 Å². The molecule has 0 saturated heterocycles. The minimum Gasteiger partial charge on any atom is -0.490 e. The van der Waals surface area contributed by atoms with Gasteiger partial charge in [-0.25, -0.2) is 0 Å². The maximum Gasteiger partial charge on any atom is 0.193 e. The molecule has 6 heteroatoms. The highest BCUT2D eigenvalue weighted by atomic mass is 16.5. The zero-order valence-electron chi connectivity index (χ0n) is 12.7. The molecule has 0 amide bonds. The van der Waals surface area contributed by atoms with Gasteiger partial charge < -0.3 is 25.6 Å². The van der Waals surface area contributed by atoms with E-state index in [0.29, 0.717) is 32.1 Å². The van der Waals surface area contributed by atoms with Crippen LogP contribution in [0.1, 0.15) is 32.1 Å². The number of fused-ring (bicyclic) bond motifs is 1. The first-order valence-corrected chi connectivity index (χ1v) is 7.84. The predicted octanol–water partition coefficient (Wildman–Crippen LogP) is 1.88. The monoisotopic (exact) mass is 305 g/mol. The van der Waals surface area contributed by atoms with E-state index in [0.717, 1.165) is 42.9 Å². The van der Waals surface area contributed by atoms with Crippen molar-refractivity contribution in [1.29, 1.82) is 0 Å². The number of anilines is 1. The van der Waals surface area contributed by atoms with E-state index < -0.39 is 5.60 Å². The lowest BCUT2D eigenvalue weighted by atomic mass is 9.78. The average molecular weight is 305 g/mol. The molecule has 1 aromatic carbocycles. The molecule has 1 aliphatic heterocycles. The van der Waals surface area contributed by atoms with E-state index in [1.54, 1.807) is 0 Å². The molecular weight excluding hydrogens is 282 g/mol. The Kier molecular flexibility index (Phi) is 4.38. The molecule has 1 saturated carbocycles. The number of rotatable bonds is 4. The molecule has 0 unspecified atom stereocenters. The number of ether oxygens (including phenoxy) is 2. The Bertz CT molecular complexity index is 556. The zero-order chi connectivity index (χ0) is 15.4. The Morgan fingerprint density at radius 3 is 2.73 bits per heavy atom. The van der Waals surface area contributed by atoms with Crippen molar-refractivity contribution in [3.63, 3.8) is 0 Å². The molecule has 22 heavy (non-hydrogen) atoms. The number of benzene rings is 1. The third-order valence-corrected chi connectivity index (χ3v) is 4.16. The molecule has 1 aliphatic carbocycles. The number of hydrogen-bond donors (Lipinski definition) is 3. The molecule has 6 nitrogen and oxygen atoms in total. The van der Waals surface area contributed by atoms with Crippen LogP contribution in [0, 0.1) is 0 Å². The number of guanidine groups is 1. The van der Waals surface area contributed by atoms with E-state index in [4.69, 9.17) is 15.2 Å². The highest BCUT2D eigenvalue weighted by molar-refractivity contribution is 5.92. The van der Waals surface area contributed by atoms with Crippen molar-refractivity contribution in [2.24, 2.45) is 10.7 Å². The Labute approximate surface area is 130 Å². The summed E-state index contributed by atoms with van der Waals surface area (Å²) in [6, 6.07) is 5.62. The standard InChI is InChI=1S/C16H23N3O3/c17-15(18-8-7-16(20)5-1-6-16)19-12-3-4-13-14(11-12)22-10-2-9-21-13/h3-4,11,20H,1-2,5-10H2,(H3,17,18,19). The summed E-state index contributed by atoms with van der Waals surface area (Å²) < 4.78 is 11.2. The molecule has 1 fully saturated rings. The van der Waals surface area contributed by atoms with Crippen molar-refractivity contribution in [2.45, 2.75) is 37.7 Å².